The van der Waals surface area contributed by atoms with Crippen molar-refractivity contribution in [1.29, 1.82) is 0 Å². The molecule has 1 aliphatic rings. The molecular weight excluding hydrogens is 346 g/mol. The van der Waals surface area contributed by atoms with Gasteiger partial charge in [0.2, 0.25) is 0 Å². The average molecular weight is 361 g/mol. The van der Waals surface area contributed by atoms with Gasteiger partial charge in [-0.05, 0) is 31.4 Å². The minimum Gasteiger partial charge on any atom is -0.480 e. The summed E-state index contributed by atoms with van der Waals surface area (Å²) in [6, 6.07) is 5.09. The summed E-state index contributed by atoms with van der Waals surface area (Å²) in [4.78, 5) is 39.8. The fraction of sp³-hybridized carbons (Fsp3) is 0.312. The summed E-state index contributed by atoms with van der Waals surface area (Å²) in [6.07, 6.45) is 2.00. The fourth-order valence-corrected chi connectivity index (χ4v) is 3.61. The smallest absolute Gasteiger partial charge is 0.326 e. The zero-order valence-electron chi connectivity index (χ0n) is 13.1. The van der Waals surface area contributed by atoms with E-state index in [0.29, 0.717) is 23.5 Å². The number of carboxylic acid groups (broad SMARTS) is 1. The summed E-state index contributed by atoms with van der Waals surface area (Å²) in [5.74, 6) is -1.39. The Morgan fingerprint density at radius 3 is 2.64 bits per heavy atom. The third-order valence-corrected chi connectivity index (χ3v) is 4.99. The minimum absolute atomic E-state index is 0.0192. The monoisotopic (exact) mass is 361 g/mol. The van der Waals surface area contributed by atoms with E-state index in [4.69, 9.17) is 0 Å². The lowest BCUT2D eigenvalue weighted by atomic mass is 10.0. The number of nitro groups is 1. The Kier molecular flexibility index (Phi) is 4.75. The lowest BCUT2D eigenvalue weighted by molar-refractivity contribution is -0.384. The Balaban J connectivity index is 1.81. The van der Waals surface area contributed by atoms with Crippen LogP contribution in [-0.4, -0.2) is 44.4 Å². The van der Waals surface area contributed by atoms with E-state index < -0.39 is 22.8 Å². The predicted octanol–water partition coefficient (Wildman–Crippen LogP) is 2.80. The lowest BCUT2D eigenvalue weighted by Gasteiger charge is -2.32. The maximum absolute atomic E-state index is 12.6. The second-order valence-corrected chi connectivity index (χ2v) is 6.55. The molecule has 0 saturated carbocycles. The van der Waals surface area contributed by atoms with Crippen molar-refractivity contribution < 1.29 is 19.6 Å². The second kappa shape index (κ2) is 6.98. The van der Waals surface area contributed by atoms with E-state index in [1.165, 1.54) is 28.4 Å². The largest absolute Gasteiger partial charge is 0.480 e. The zero-order valence-corrected chi connectivity index (χ0v) is 13.9. The summed E-state index contributed by atoms with van der Waals surface area (Å²) in [7, 11) is 0. The van der Waals surface area contributed by atoms with Crippen LogP contribution in [0.1, 0.15) is 29.8 Å². The van der Waals surface area contributed by atoms with Crippen molar-refractivity contribution in [1.82, 2.24) is 9.88 Å². The van der Waals surface area contributed by atoms with Gasteiger partial charge in [-0.3, -0.25) is 14.9 Å². The van der Waals surface area contributed by atoms with Gasteiger partial charge in [-0.2, -0.15) is 0 Å². The molecule has 25 heavy (non-hydrogen) atoms. The Bertz CT molecular complexity index is 817. The highest BCUT2D eigenvalue weighted by atomic mass is 32.1. The number of nitrogens with zero attached hydrogens (tertiary/aromatic N) is 3. The van der Waals surface area contributed by atoms with Crippen molar-refractivity contribution in [3.05, 3.63) is 45.5 Å². The van der Waals surface area contributed by atoms with Gasteiger partial charge in [0.1, 0.15) is 16.7 Å². The molecule has 0 aliphatic carbocycles. The maximum atomic E-state index is 12.6. The molecule has 1 N–H and O–H groups in total. The molecule has 1 aromatic heterocycles. The molecule has 2 heterocycles. The van der Waals surface area contributed by atoms with Crippen molar-refractivity contribution in [3.63, 3.8) is 0 Å². The molecule has 0 unspecified atom stereocenters. The summed E-state index contributed by atoms with van der Waals surface area (Å²) < 4.78 is 0. The van der Waals surface area contributed by atoms with Gasteiger partial charge in [0, 0.05) is 29.6 Å². The van der Waals surface area contributed by atoms with Gasteiger partial charge in [0.05, 0.1) is 4.92 Å². The van der Waals surface area contributed by atoms with Gasteiger partial charge in [-0.1, -0.05) is 0 Å². The number of aromatic nitrogens is 1. The van der Waals surface area contributed by atoms with Crippen molar-refractivity contribution >= 4 is 28.9 Å². The highest BCUT2D eigenvalue weighted by Crippen LogP contribution is 2.27. The van der Waals surface area contributed by atoms with E-state index in [-0.39, 0.29) is 11.4 Å². The molecule has 1 fully saturated rings. The number of benzene rings is 1. The summed E-state index contributed by atoms with van der Waals surface area (Å²) in [6.45, 7) is 0.403. The van der Waals surface area contributed by atoms with Gasteiger partial charge in [-0.25, -0.2) is 9.78 Å². The number of piperidine rings is 1. The van der Waals surface area contributed by atoms with E-state index in [9.17, 15) is 24.8 Å². The normalized spacial score (nSPS) is 17.3. The molecule has 0 radical (unpaired) electrons. The van der Waals surface area contributed by atoms with Crippen LogP contribution < -0.4 is 0 Å². The number of nitro benzene ring substituents is 1. The molecule has 130 valence electrons. The van der Waals surface area contributed by atoms with E-state index in [2.05, 4.69) is 4.98 Å². The van der Waals surface area contributed by atoms with E-state index in [1.54, 1.807) is 17.5 Å². The first kappa shape index (κ1) is 17.0. The number of carboxylic acids is 1. The van der Waals surface area contributed by atoms with Gasteiger partial charge in [0.25, 0.3) is 11.6 Å². The molecule has 2 aromatic rings. The molecule has 1 amide bonds. The Morgan fingerprint density at radius 1 is 1.28 bits per heavy atom. The third kappa shape index (κ3) is 3.50. The van der Waals surface area contributed by atoms with Crippen LogP contribution in [0, 0.1) is 10.1 Å². The van der Waals surface area contributed by atoms with Gasteiger partial charge in [0.15, 0.2) is 0 Å². The number of non-ortho nitro benzene ring substituents is 1. The molecule has 1 aromatic carbocycles. The quantitative estimate of drug-likeness (QED) is 0.661. The number of thiazole rings is 1. The van der Waals surface area contributed by atoms with Crippen LogP contribution in [0.25, 0.3) is 10.6 Å². The Morgan fingerprint density at radius 2 is 2.00 bits per heavy atom. The maximum Gasteiger partial charge on any atom is 0.326 e. The zero-order chi connectivity index (χ0) is 18.0. The number of amides is 1. The molecule has 0 spiro atoms. The predicted molar refractivity (Wildman–Crippen MR) is 90.5 cm³/mol. The molecule has 9 heteroatoms. The summed E-state index contributed by atoms with van der Waals surface area (Å²) in [5.41, 5.74) is 0.851. The van der Waals surface area contributed by atoms with Crippen LogP contribution in [0.15, 0.2) is 29.6 Å². The number of rotatable bonds is 4. The molecule has 8 nitrogen and oxygen atoms in total. The van der Waals surface area contributed by atoms with Crippen LogP contribution in [0.3, 0.4) is 0 Å². The van der Waals surface area contributed by atoms with Crippen molar-refractivity contribution in [2.45, 2.75) is 25.3 Å². The van der Waals surface area contributed by atoms with Gasteiger partial charge in [-0.15, -0.1) is 11.3 Å². The first-order valence-corrected chi connectivity index (χ1v) is 8.59. The van der Waals surface area contributed by atoms with E-state index >= 15 is 0 Å². The number of likely N-dealkylation sites (tertiary alicyclic amines) is 1. The molecule has 1 saturated heterocycles. The SMILES string of the molecule is O=C(O)[C@H]1CCCCN1C(=O)c1csc(-c2ccc([N+](=O)[O-])cc2)n1. The van der Waals surface area contributed by atoms with E-state index in [0.717, 1.165) is 12.8 Å². The fourth-order valence-electron chi connectivity index (χ4n) is 2.81. The van der Waals surface area contributed by atoms with Crippen molar-refractivity contribution in [2.75, 3.05) is 6.54 Å². The van der Waals surface area contributed by atoms with Crippen LogP contribution in [0.5, 0.6) is 0 Å². The van der Waals surface area contributed by atoms with E-state index in [1.807, 2.05) is 0 Å². The van der Waals surface area contributed by atoms with Gasteiger partial charge < -0.3 is 10.0 Å². The summed E-state index contributed by atoms with van der Waals surface area (Å²) >= 11 is 1.24. The first-order chi connectivity index (χ1) is 12.0. The van der Waals surface area contributed by atoms with Crippen LogP contribution in [-0.2, 0) is 4.79 Å². The average Bonchev–Trinajstić information content (AvgIpc) is 3.11. The Labute approximate surface area is 146 Å². The van der Waals surface area contributed by atoms with Crippen LogP contribution in [0.4, 0.5) is 5.69 Å². The molecule has 1 aliphatic heterocycles. The molecule has 0 bridgehead atoms. The first-order valence-electron chi connectivity index (χ1n) is 7.71. The lowest BCUT2D eigenvalue weighted by Crippen LogP contribution is -2.48. The number of hydrogen-bond donors (Lipinski definition) is 1. The highest BCUT2D eigenvalue weighted by Gasteiger charge is 2.33. The number of aliphatic carboxylic acids is 1. The number of hydrogen-bond acceptors (Lipinski definition) is 6. The third-order valence-electron chi connectivity index (χ3n) is 4.10. The highest BCUT2D eigenvalue weighted by molar-refractivity contribution is 7.13. The number of carbonyl (C=O) groups is 2. The van der Waals surface area contributed by atoms with Gasteiger partial charge >= 0.3 is 5.97 Å². The number of carbonyl (C=O) groups excluding carboxylic acids is 1. The van der Waals surface area contributed by atoms with Crippen LogP contribution >= 0.6 is 11.3 Å². The molecular formula is C16H15N3O5S. The standard InChI is InChI=1S/C16H15N3O5S/c20-15(18-8-2-1-3-13(18)16(21)22)12-9-25-14(17-12)10-4-6-11(7-5-10)19(23)24/h4-7,9,13H,1-3,8H2,(H,21,22)/t13-/m1/s1. The summed E-state index contributed by atoms with van der Waals surface area (Å²) in [5, 5.41) is 22.1. The minimum atomic E-state index is -1.00. The molecule has 3 rings (SSSR count). The molecule has 1 atom stereocenters. The van der Waals surface area contributed by atoms with Crippen molar-refractivity contribution in [2.24, 2.45) is 0 Å². The topological polar surface area (TPSA) is 114 Å². The Hall–Kier alpha value is -2.81. The van der Waals surface area contributed by atoms with Crippen molar-refractivity contribution in [3.8, 4) is 10.6 Å². The second-order valence-electron chi connectivity index (χ2n) is 5.69. The van der Waals surface area contributed by atoms with Crippen LogP contribution in [0.2, 0.25) is 0 Å².